The van der Waals surface area contributed by atoms with Crippen LogP contribution in [0.4, 0.5) is 18.3 Å². The zero-order valence-electron chi connectivity index (χ0n) is 15.1. The van der Waals surface area contributed by atoms with Gasteiger partial charge in [-0.15, -0.1) is 18.3 Å². The number of fused-ring (bicyclic) bond motifs is 1. The van der Waals surface area contributed by atoms with E-state index in [1.807, 2.05) is 30.3 Å². The third-order valence-electron chi connectivity index (χ3n) is 4.08. The van der Waals surface area contributed by atoms with Crippen molar-refractivity contribution in [2.45, 2.75) is 18.8 Å². The highest BCUT2D eigenvalue weighted by Crippen LogP contribution is 2.32. The van der Waals surface area contributed by atoms with E-state index in [-0.39, 0.29) is 10.9 Å². The highest BCUT2D eigenvalue weighted by atomic mass is 32.1. The van der Waals surface area contributed by atoms with Crippen molar-refractivity contribution < 1.29 is 22.7 Å². The molecule has 1 amide bonds. The Kier molecular flexibility index (Phi) is 5.31. The molecule has 2 heterocycles. The first-order valence-electron chi connectivity index (χ1n) is 8.61. The maximum absolute atomic E-state index is 12.9. The first kappa shape index (κ1) is 19.8. The summed E-state index contributed by atoms with van der Waals surface area (Å²) in [6.45, 7) is 0. The van der Waals surface area contributed by atoms with Crippen molar-refractivity contribution in [3.8, 4) is 5.75 Å². The van der Waals surface area contributed by atoms with Gasteiger partial charge in [0, 0.05) is 12.5 Å². The molecule has 2 aromatic carbocycles. The number of carbonyl (C=O) groups is 1. The molecule has 0 aliphatic carbocycles. The van der Waals surface area contributed by atoms with Crippen molar-refractivity contribution in [1.82, 2.24) is 25.2 Å². The second-order valence-electron chi connectivity index (χ2n) is 6.18. The first-order chi connectivity index (χ1) is 14.4. The Morgan fingerprint density at radius 1 is 1.20 bits per heavy atom. The molecule has 0 spiro atoms. The van der Waals surface area contributed by atoms with Crippen molar-refractivity contribution in [3.05, 3.63) is 60.4 Å². The van der Waals surface area contributed by atoms with E-state index < -0.39 is 18.3 Å². The molecule has 8 nitrogen and oxygen atoms in total. The number of carbonyl (C=O) groups excluding carboxylic acids is 1. The molecule has 4 aromatic rings. The number of aromatic nitrogens is 5. The van der Waals surface area contributed by atoms with Crippen LogP contribution in [0.15, 0.2) is 54.9 Å². The zero-order valence-corrected chi connectivity index (χ0v) is 15.9. The Morgan fingerprint density at radius 2 is 2.00 bits per heavy atom. The van der Waals surface area contributed by atoms with Gasteiger partial charge in [0.15, 0.2) is 5.13 Å². The number of alkyl halides is 3. The number of nitrogens with one attached hydrogen (secondary N) is 1. The van der Waals surface area contributed by atoms with Gasteiger partial charge >= 0.3 is 6.36 Å². The summed E-state index contributed by atoms with van der Waals surface area (Å²) in [5, 5.41) is 13.9. The number of rotatable bonds is 6. The lowest BCUT2D eigenvalue weighted by Gasteiger charge is -2.15. The normalized spacial score (nSPS) is 12.6. The highest BCUT2D eigenvalue weighted by molar-refractivity contribution is 7.22. The summed E-state index contributed by atoms with van der Waals surface area (Å²) in [6.07, 6.45) is -3.11. The Balaban J connectivity index is 1.55. The zero-order chi connectivity index (χ0) is 21.1. The molecule has 0 radical (unpaired) electrons. The topological polar surface area (TPSA) is 94.8 Å². The fourth-order valence-corrected chi connectivity index (χ4v) is 3.70. The molecule has 0 saturated heterocycles. The Morgan fingerprint density at radius 3 is 2.70 bits per heavy atom. The smallest absolute Gasteiger partial charge is 0.406 e. The molecule has 2 aromatic heterocycles. The van der Waals surface area contributed by atoms with Gasteiger partial charge in [0.1, 0.15) is 18.1 Å². The number of tetrazole rings is 1. The minimum atomic E-state index is -4.79. The monoisotopic (exact) mass is 434 g/mol. The number of amides is 1. The van der Waals surface area contributed by atoms with E-state index in [0.29, 0.717) is 16.6 Å². The Labute approximate surface area is 171 Å². The molecule has 1 atom stereocenters. The summed E-state index contributed by atoms with van der Waals surface area (Å²) in [6, 6.07) is 12.4. The van der Waals surface area contributed by atoms with Crippen LogP contribution in [0.3, 0.4) is 0 Å². The van der Waals surface area contributed by atoms with Crippen molar-refractivity contribution in [2.24, 2.45) is 0 Å². The van der Waals surface area contributed by atoms with Crippen molar-refractivity contribution in [2.75, 3.05) is 5.32 Å². The van der Waals surface area contributed by atoms with Crippen LogP contribution >= 0.6 is 11.3 Å². The number of ether oxygens (including phenoxy) is 1. The lowest BCUT2D eigenvalue weighted by Crippen LogP contribution is -2.28. The standard InChI is InChI=1S/C18H13F3N6O2S/c19-18(20,21)29-12-6-7-13-15(9-12)30-17(23-13)24-16(28)14(27-10-22-25-26-27)8-11-4-2-1-3-5-11/h1-7,9-10,14H,8H2,(H,23,24,28)/t14-/m1/s1. The van der Waals surface area contributed by atoms with Crippen LogP contribution in [0, 0.1) is 0 Å². The van der Waals surface area contributed by atoms with Crippen LogP contribution in [0.25, 0.3) is 10.2 Å². The summed E-state index contributed by atoms with van der Waals surface area (Å²) in [5.74, 6) is -0.760. The molecule has 1 N–H and O–H groups in total. The van der Waals surface area contributed by atoms with Gasteiger partial charge in [-0.25, -0.2) is 9.67 Å². The van der Waals surface area contributed by atoms with E-state index in [2.05, 4.69) is 30.6 Å². The van der Waals surface area contributed by atoms with Crippen LogP contribution in [0.5, 0.6) is 5.75 Å². The summed E-state index contributed by atoms with van der Waals surface area (Å²) < 4.78 is 42.9. The molecule has 0 bridgehead atoms. The van der Waals surface area contributed by atoms with Gasteiger partial charge in [-0.3, -0.25) is 4.79 Å². The van der Waals surface area contributed by atoms with E-state index in [1.165, 1.54) is 29.2 Å². The van der Waals surface area contributed by atoms with Gasteiger partial charge < -0.3 is 10.1 Å². The predicted molar refractivity (Wildman–Crippen MR) is 102 cm³/mol. The fourth-order valence-electron chi connectivity index (χ4n) is 2.80. The van der Waals surface area contributed by atoms with Crippen LogP contribution in [0.2, 0.25) is 0 Å². The van der Waals surface area contributed by atoms with Gasteiger partial charge in [-0.05, 0) is 28.1 Å². The van der Waals surface area contributed by atoms with E-state index in [4.69, 9.17) is 0 Å². The SMILES string of the molecule is O=C(Nc1nc2ccc(OC(F)(F)F)cc2s1)[C@@H](Cc1ccccc1)n1cnnn1. The lowest BCUT2D eigenvalue weighted by atomic mass is 10.1. The number of hydrogen-bond donors (Lipinski definition) is 1. The molecule has 154 valence electrons. The molecular formula is C18H13F3N6O2S. The molecule has 30 heavy (non-hydrogen) atoms. The molecule has 0 aliphatic rings. The molecule has 4 rings (SSSR count). The van der Waals surface area contributed by atoms with Crippen molar-refractivity contribution in [3.63, 3.8) is 0 Å². The van der Waals surface area contributed by atoms with Gasteiger partial charge in [0.05, 0.1) is 10.2 Å². The van der Waals surface area contributed by atoms with Gasteiger partial charge in [-0.1, -0.05) is 41.7 Å². The minimum Gasteiger partial charge on any atom is -0.406 e. The van der Waals surface area contributed by atoms with Gasteiger partial charge in [0.2, 0.25) is 0 Å². The van der Waals surface area contributed by atoms with Gasteiger partial charge in [-0.2, -0.15) is 0 Å². The summed E-state index contributed by atoms with van der Waals surface area (Å²) in [4.78, 5) is 17.2. The summed E-state index contributed by atoms with van der Waals surface area (Å²) in [5.41, 5.74) is 1.35. The number of anilines is 1. The molecular weight excluding hydrogens is 421 g/mol. The Bertz CT molecular complexity index is 1150. The van der Waals surface area contributed by atoms with E-state index >= 15 is 0 Å². The molecule has 0 saturated carbocycles. The third kappa shape index (κ3) is 4.71. The summed E-state index contributed by atoms with van der Waals surface area (Å²) >= 11 is 1.04. The molecule has 0 fully saturated rings. The first-order valence-corrected chi connectivity index (χ1v) is 9.43. The number of thiazole rings is 1. The molecule has 12 heteroatoms. The number of halogens is 3. The summed E-state index contributed by atoms with van der Waals surface area (Å²) in [7, 11) is 0. The molecule has 0 unspecified atom stereocenters. The lowest BCUT2D eigenvalue weighted by molar-refractivity contribution is -0.274. The van der Waals surface area contributed by atoms with Crippen LogP contribution in [0.1, 0.15) is 11.6 Å². The predicted octanol–water partition coefficient (Wildman–Crippen LogP) is 3.60. The van der Waals surface area contributed by atoms with Crippen LogP contribution < -0.4 is 10.1 Å². The fraction of sp³-hybridized carbons (Fsp3) is 0.167. The quantitative estimate of drug-likeness (QED) is 0.498. The largest absolute Gasteiger partial charge is 0.573 e. The number of benzene rings is 2. The molecule has 0 aliphatic heterocycles. The van der Waals surface area contributed by atoms with Crippen LogP contribution in [-0.2, 0) is 11.2 Å². The number of nitrogens with zero attached hydrogens (tertiary/aromatic N) is 5. The van der Waals surface area contributed by atoms with E-state index in [0.717, 1.165) is 16.9 Å². The van der Waals surface area contributed by atoms with Crippen LogP contribution in [-0.4, -0.2) is 37.5 Å². The highest BCUT2D eigenvalue weighted by Gasteiger charge is 2.31. The average molecular weight is 434 g/mol. The Hall–Kier alpha value is -3.54. The van der Waals surface area contributed by atoms with Gasteiger partial charge in [0.25, 0.3) is 5.91 Å². The number of hydrogen-bond acceptors (Lipinski definition) is 7. The second kappa shape index (κ2) is 8.06. The maximum atomic E-state index is 12.9. The third-order valence-corrected chi connectivity index (χ3v) is 5.02. The second-order valence-corrected chi connectivity index (χ2v) is 7.21. The van der Waals surface area contributed by atoms with E-state index in [1.54, 1.807) is 0 Å². The van der Waals surface area contributed by atoms with Crippen molar-refractivity contribution >= 4 is 32.6 Å². The van der Waals surface area contributed by atoms with E-state index in [9.17, 15) is 18.0 Å². The average Bonchev–Trinajstić information content (AvgIpc) is 3.34. The minimum absolute atomic E-state index is 0.241. The van der Waals surface area contributed by atoms with Crippen molar-refractivity contribution in [1.29, 1.82) is 0 Å². The maximum Gasteiger partial charge on any atom is 0.573 e.